The summed E-state index contributed by atoms with van der Waals surface area (Å²) in [6.07, 6.45) is 10.1. The van der Waals surface area contributed by atoms with Crippen molar-refractivity contribution in [2.75, 3.05) is 14.2 Å². The predicted octanol–water partition coefficient (Wildman–Crippen LogP) is 7.24. The van der Waals surface area contributed by atoms with Crippen molar-refractivity contribution in [3.05, 3.63) is 89.5 Å². The number of nitrogens with zero attached hydrogens (tertiary/aromatic N) is 1. The Bertz CT molecular complexity index is 1180. The second kappa shape index (κ2) is 8.30. The lowest BCUT2D eigenvalue weighted by atomic mass is 9.42. The van der Waals surface area contributed by atoms with Gasteiger partial charge in [-0.3, -0.25) is 4.99 Å². The second-order valence-electron chi connectivity index (χ2n) is 10.8. The van der Waals surface area contributed by atoms with Gasteiger partial charge >= 0.3 is 0 Å². The zero-order valence-corrected chi connectivity index (χ0v) is 20.2. The molecule has 4 bridgehead atoms. The maximum Gasteiger partial charge on any atom is 0.131 e. The third kappa shape index (κ3) is 3.62. The van der Waals surface area contributed by atoms with Gasteiger partial charge in [0.25, 0.3) is 0 Å². The summed E-state index contributed by atoms with van der Waals surface area (Å²) >= 11 is 0. The second-order valence-corrected chi connectivity index (χ2v) is 10.8. The van der Waals surface area contributed by atoms with Crippen LogP contribution in [0.2, 0.25) is 0 Å². The van der Waals surface area contributed by atoms with E-state index in [0.717, 1.165) is 34.6 Å². The number of hydrogen-bond donors (Lipinski definition) is 0. The van der Waals surface area contributed by atoms with Gasteiger partial charge in [0.2, 0.25) is 0 Å². The molecule has 0 heterocycles. The van der Waals surface area contributed by atoms with E-state index in [0.29, 0.717) is 10.8 Å². The molecule has 0 saturated heterocycles. The molecule has 0 amide bonds. The van der Waals surface area contributed by atoms with E-state index >= 15 is 0 Å². The predicted molar refractivity (Wildman–Crippen MR) is 138 cm³/mol. The van der Waals surface area contributed by atoms with Crippen molar-refractivity contribution in [1.82, 2.24) is 0 Å². The standard InChI is InChI=1S/C31H33NO2/c1-33-28-13-8-24(29(15-28)34-2)20-32-27-11-9-26(10-12-27)31-18-22-14-23(19-31)17-30(16-22,21-31)25-6-4-3-5-7-25/h3-13,15,20,22-23H,14,16-19,21H2,1-2H3/t22-,23-,30?,31?/m0/s1. The Kier molecular flexibility index (Phi) is 5.24. The quantitative estimate of drug-likeness (QED) is 0.370. The zero-order chi connectivity index (χ0) is 23.2. The molecule has 3 heteroatoms. The van der Waals surface area contributed by atoms with Crippen LogP contribution in [-0.4, -0.2) is 20.4 Å². The molecule has 2 atom stereocenters. The number of methoxy groups -OCH3 is 2. The molecule has 4 aliphatic rings. The Labute approximate surface area is 202 Å². The van der Waals surface area contributed by atoms with E-state index in [2.05, 4.69) is 54.6 Å². The normalized spacial score (nSPS) is 29.5. The van der Waals surface area contributed by atoms with E-state index in [-0.39, 0.29) is 0 Å². The van der Waals surface area contributed by atoms with Crippen LogP contribution in [0.1, 0.15) is 55.2 Å². The monoisotopic (exact) mass is 451 g/mol. The molecule has 34 heavy (non-hydrogen) atoms. The van der Waals surface area contributed by atoms with E-state index in [1.165, 1.54) is 44.1 Å². The van der Waals surface area contributed by atoms with Crippen molar-refractivity contribution in [3.8, 4) is 11.5 Å². The van der Waals surface area contributed by atoms with Crippen LogP contribution in [0.15, 0.2) is 77.8 Å². The van der Waals surface area contributed by atoms with Crippen LogP contribution in [0.5, 0.6) is 11.5 Å². The highest BCUT2D eigenvalue weighted by molar-refractivity contribution is 5.85. The largest absolute Gasteiger partial charge is 0.497 e. The van der Waals surface area contributed by atoms with Crippen LogP contribution >= 0.6 is 0 Å². The van der Waals surface area contributed by atoms with Gasteiger partial charge < -0.3 is 9.47 Å². The number of rotatable bonds is 6. The Morgan fingerprint density at radius 1 is 0.765 bits per heavy atom. The Morgan fingerprint density at radius 3 is 2.03 bits per heavy atom. The summed E-state index contributed by atoms with van der Waals surface area (Å²) in [5.41, 5.74) is 5.70. The fourth-order valence-corrected chi connectivity index (χ4v) is 7.70. The van der Waals surface area contributed by atoms with Crippen LogP contribution in [-0.2, 0) is 10.8 Å². The van der Waals surface area contributed by atoms with E-state index in [1.807, 2.05) is 24.4 Å². The molecule has 4 aliphatic carbocycles. The van der Waals surface area contributed by atoms with E-state index in [4.69, 9.17) is 14.5 Å². The first-order valence-electron chi connectivity index (χ1n) is 12.5. The van der Waals surface area contributed by atoms with Crippen LogP contribution in [0, 0.1) is 11.8 Å². The number of benzene rings is 3. The highest BCUT2D eigenvalue weighted by atomic mass is 16.5. The molecule has 0 radical (unpaired) electrons. The minimum absolute atomic E-state index is 0.321. The summed E-state index contributed by atoms with van der Waals surface area (Å²) < 4.78 is 10.8. The highest BCUT2D eigenvalue weighted by Gasteiger charge is 2.58. The first kappa shape index (κ1) is 21.5. The molecule has 174 valence electrons. The molecule has 0 aromatic heterocycles. The van der Waals surface area contributed by atoms with Gasteiger partial charge in [0.1, 0.15) is 11.5 Å². The summed E-state index contributed by atoms with van der Waals surface area (Å²) in [4.78, 5) is 4.74. The minimum Gasteiger partial charge on any atom is -0.497 e. The zero-order valence-electron chi connectivity index (χ0n) is 20.2. The van der Waals surface area contributed by atoms with Crippen LogP contribution < -0.4 is 9.47 Å². The molecule has 0 spiro atoms. The molecule has 0 aliphatic heterocycles. The van der Waals surface area contributed by atoms with Gasteiger partial charge in [0.05, 0.1) is 19.9 Å². The van der Waals surface area contributed by atoms with E-state index < -0.39 is 0 Å². The third-order valence-corrected chi connectivity index (χ3v) is 8.72. The maximum atomic E-state index is 5.51. The summed E-state index contributed by atoms with van der Waals surface area (Å²) in [7, 11) is 3.34. The summed E-state index contributed by atoms with van der Waals surface area (Å²) in [5.74, 6) is 3.27. The van der Waals surface area contributed by atoms with Gasteiger partial charge in [0.15, 0.2) is 0 Å². The van der Waals surface area contributed by atoms with Crippen LogP contribution in [0.4, 0.5) is 5.69 Å². The topological polar surface area (TPSA) is 30.8 Å². The molecule has 0 N–H and O–H groups in total. The Hall–Kier alpha value is -3.07. The van der Waals surface area contributed by atoms with E-state index in [9.17, 15) is 0 Å². The fourth-order valence-electron chi connectivity index (χ4n) is 7.70. The molecule has 3 nitrogen and oxygen atoms in total. The minimum atomic E-state index is 0.321. The first-order valence-corrected chi connectivity index (χ1v) is 12.5. The van der Waals surface area contributed by atoms with Gasteiger partial charge in [-0.25, -0.2) is 0 Å². The SMILES string of the molecule is COc1ccc(C=Nc2ccc(C34C[C@H]5C[C@@H](CC(c6ccccc6)(C5)C3)C4)cc2)c(OC)c1. The van der Waals surface area contributed by atoms with Crippen molar-refractivity contribution < 1.29 is 9.47 Å². The summed E-state index contributed by atoms with van der Waals surface area (Å²) in [6.45, 7) is 0. The van der Waals surface area contributed by atoms with Gasteiger partial charge in [-0.15, -0.1) is 0 Å². The smallest absolute Gasteiger partial charge is 0.131 e. The third-order valence-electron chi connectivity index (χ3n) is 8.72. The lowest BCUT2D eigenvalue weighted by molar-refractivity contribution is -0.0281. The van der Waals surface area contributed by atoms with Crippen LogP contribution in [0.3, 0.4) is 0 Å². The molecule has 4 saturated carbocycles. The lowest BCUT2D eigenvalue weighted by Gasteiger charge is -2.62. The average molecular weight is 452 g/mol. The van der Waals surface area contributed by atoms with Gasteiger partial charge in [-0.2, -0.15) is 0 Å². The summed E-state index contributed by atoms with van der Waals surface area (Å²) in [6, 6.07) is 26.3. The Morgan fingerprint density at radius 2 is 1.41 bits per heavy atom. The molecular weight excluding hydrogens is 418 g/mol. The van der Waals surface area contributed by atoms with Crippen molar-refractivity contribution in [1.29, 1.82) is 0 Å². The molecule has 0 unspecified atom stereocenters. The van der Waals surface area contributed by atoms with Gasteiger partial charge in [0, 0.05) is 17.8 Å². The van der Waals surface area contributed by atoms with Crippen molar-refractivity contribution in [2.45, 2.75) is 49.4 Å². The fraction of sp³-hybridized carbons (Fsp3) is 0.387. The number of aliphatic imine (C=N–C) groups is 1. The molecule has 4 fully saturated rings. The highest BCUT2D eigenvalue weighted by Crippen LogP contribution is 2.66. The molecule has 7 rings (SSSR count). The van der Waals surface area contributed by atoms with Crippen molar-refractivity contribution in [3.63, 3.8) is 0 Å². The maximum absolute atomic E-state index is 5.51. The van der Waals surface area contributed by atoms with Crippen molar-refractivity contribution >= 4 is 11.9 Å². The average Bonchev–Trinajstić information content (AvgIpc) is 2.87. The summed E-state index contributed by atoms with van der Waals surface area (Å²) in [5, 5.41) is 0. The van der Waals surface area contributed by atoms with E-state index in [1.54, 1.807) is 19.8 Å². The first-order chi connectivity index (χ1) is 16.6. The number of hydrogen-bond acceptors (Lipinski definition) is 3. The van der Waals surface area contributed by atoms with Gasteiger partial charge in [-0.05, 0) is 96.6 Å². The molecule has 3 aromatic carbocycles. The molecule has 3 aromatic rings. The lowest BCUT2D eigenvalue weighted by Crippen LogP contribution is -2.55. The molecular formula is C31H33NO2. The van der Waals surface area contributed by atoms with Gasteiger partial charge in [-0.1, -0.05) is 42.5 Å². The van der Waals surface area contributed by atoms with Crippen LogP contribution in [0.25, 0.3) is 0 Å². The number of ether oxygens (including phenoxy) is 2. The van der Waals surface area contributed by atoms with Crippen molar-refractivity contribution in [2.24, 2.45) is 16.8 Å². The Balaban J connectivity index is 1.27.